The van der Waals surface area contributed by atoms with Crippen molar-refractivity contribution in [2.75, 3.05) is 32.7 Å². The van der Waals surface area contributed by atoms with E-state index < -0.39 is 12.2 Å². The fourth-order valence-electron chi connectivity index (χ4n) is 1.52. The Bertz CT molecular complexity index is 235. The van der Waals surface area contributed by atoms with E-state index in [1.807, 2.05) is 11.8 Å². The fourth-order valence-corrected chi connectivity index (χ4v) is 1.52. The molecule has 0 aromatic rings. The predicted molar refractivity (Wildman–Crippen MR) is 80.8 cm³/mol. The minimum absolute atomic E-state index is 0.244. The molecular formula is C14H30N2O4. The maximum absolute atomic E-state index is 9.42. The molecule has 0 aromatic heterocycles. The van der Waals surface area contributed by atoms with Crippen LogP contribution in [0.15, 0.2) is 25.0 Å². The van der Waals surface area contributed by atoms with Crippen molar-refractivity contribution in [2.24, 2.45) is 0 Å². The molecule has 4 N–H and O–H groups in total. The number of nitrogens with zero attached hydrogens (tertiary/aromatic N) is 2. The first-order valence-corrected chi connectivity index (χ1v) is 6.75. The standard InChI is InChI=1S/C11H24N2O4.C3H6/c1-10(15)8-12(9-11(2)16)5-6-13(17)4-3-7-14;1-3-2/h3,7,10-11,14-17H,4-6,8-9H2,1-2H3;3H,1H2,2H3/b7-3+;. The number of hydroxylamine groups is 2. The molecule has 0 heterocycles. The normalized spacial score (nSPS) is 14.2. The highest BCUT2D eigenvalue weighted by Gasteiger charge is 2.11. The molecule has 0 bridgehead atoms. The summed E-state index contributed by atoms with van der Waals surface area (Å²) in [5.74, 6) is 0. The van der Waals surface area contributed by atoms with Crippen molar-refractivity contribution in [1.82, 2.24) is 9.96 Å². The van der Waals surface area contributed by atoms with Crippen LogP contribution in [0.3, 0.4) is 0 Å². The van der Waals surface area contributed by atoms with Gasteiger partial charge in [-0.25, -0.2) is 0 Å². The highest BCUT2D eigenvalue weighted by molar-refractivity contribution is 4.74. The molecule has 0 aliphatic carbocycles. The summed E-state index contributed by atoms with van der Waals surface area (Å²) in [7, 11) is 0. The van der Waals surface area contributed by atoms with Crippen LogP contribution in [0.5, 0.6) is 0 Å². The summed E-state index contributed by atoms with van der Waals surface area (Å²) in [5, 5.41) is 37.5. The van der Waals surface area contributed by atoms with Gasteiger partial charge in [-0.3, -0.25) is 4.90 Å². The van der Waals surface area contributed by atoms with Crippen molar-refractivity contribution in [3.8, 4) is 0 Å². The zero-order valence-electron chi connectivity index (χ0n) is 12.8. The quantitative estimate of drug-likeness (QED) is 0.288. The molecule has 0 aromatic carbocycles. The Morgan fingerprint density at radius 1 is 1.10 bits per heavy atom. The largest absolute Gasteiger partial charge is 0.516 e. The summed E-state index contributed by atoms with van der Waals surface area (Å²) >= 11 is 0. The molecule has 0 rings (SSSR count). The van der Waals surface area contributed by atoms with Crippen molar-refractivity contribution < 1.29 is 20.5 Å². The molecule has 6 heteroatoms. The second-order valence-electron chi connectivity index (χ2n) is 4.66. The predicted octanol–water partition coefficient (Wildman–Crippen LogP) is 1.01. The first-order valence-electron chi connectivity index (χ1n) is 6.75. The van der Waals surface area contributed by atoms with Gasteiger partial charge < -0.3 is 20.5 Å². The minimum Gasteiger partial charge on any atom is -0.516 e. The van der Waals surface area contributed by atoms with Gasteiger partial charge in [-0.05, 0) is 26.8 Å². The van der Waals surface area contributed by atoms with E-state index >= 15 is 0 Å². The van der Waals surface area contributed by atoms with Gasteiger partial charge >= 0.3 is 0 Å². The van der Waals surface area contributed by atoms with Crippen LogP contribution in [0.1, 0.15) is 20.8 Å². The Kier molecular flexibility index (Phi) is 15.5. The molecule has 2 atom stereocenters. The Hall–Kier alpha value is -0.920. The van der Waals surface area contributed by atoms with E-state index in [1.165, 1.54) is 6.08 Å². The van der Waals surface area contributed by atoms with Crippen LogP contribution in [0.2, 0.25) is 0 Å². The molecule has 120 valence electrons. The molecule has 0 saturated heterocycles. The van der Waals surface area contributed by atoms with Gasteiger partial charge in [0, 0.05) is 32.7 Å². The molecule has 6 nitrogen and oxygen atoms in total. The Morgan fingerprint density at radius 2 is 1.55 bits per heavy atom. The maximum atomic E-state index is 9.42. The van der Waals surface area contributed by atoms with Crippen LogP contribution < -0.4 is 0 Å². The number of hydrogen-bond donors (Lipinski definition) is 4. The monoisotopic (exact) mass is 290 g/mol. The number of aliphatic hydroxyl groups excluding tert-OH is 3. The molecule has 0 aliphatic rings. The van der Waals surface area contributed by atoms with Crippen LogP contribution in [-0.4, -0.2) is 75.4 Å². The molecule has 20 heavy (non-hydrogen) atoms. The summed E-state index contributed by atoms with van der Waals surface area (Å²) in [6.45, 7) is 10.7. The van der Waals surface area contributed by atoms with Crippen LogP contribution in [-0.2, 0) is 0 Å². The van der Waals surface area contributed by atoms with Crippen LogP contribution in [0.4, 0.5) is 0 Å². The van der Waals surface area contributed by atoms with E-state index in [4.69, 9.17) is 5.11 Å². The average molecular weight is 290 g/mol. The van der Waals surface area contributed by atoms with Gasteiger partial charge in [0.25, 0.3) is 0 Å². The zero-order valence-corrected chi connectivity index (χ0v) is 12.8. The lowest BCUT2D eigenvalue weighted by Crippen LogP contribution is -2.40. The fraction of sp³-hybridized carbons (Fsp3) is 0.714. The van der Waals surface area contributed by atoms with E-state index in [0.29, 0.717) is 26.2 Å². The number of allylic oxidation sites excluding steroid dienone is 1. The zero-order chi connectivity index (χ0) is 16.0. The van der Waals surface area contributed by atoms with Gasteiger partial charge in [0.2, 0.25) is 0 Å². The number of rotatable bonds is 9. The van der Waals surface area contributed by atoms with Gasteiger partial charge in [0.1, 0.15) is 0 Å². The van der Waals surface area contributed by atoms with Crippen LogP contribution in [0.25, 0.3) is 0 Å². The van der Waals surface area contributed by atoms with E-state index in [1.54, 1.807) is 19.9 Å². The van der Waals surface area contributed by atoms with E-state index in [-0.39, 0.29) is 6.54 Å². The van der Waals surface area contributed by atoms with Crippen LogP contribution >= 0.6 is 0 Å². The summed E-state index contributed by atoms with van der Waals surface area (Å²) in [4.78, 5) is 1.88. The number of hydrogen-bond acceptors (Lipinski definition) is 6. The SMILES string of the molecule is C=CC.CC(O)CN(CCN(O)C/C=C/O)CC(C)O. The van der Waals surface area contributed by atoms with Crippen molar-refractivity contribution >= 4 is 0 Å². The van der Waals surface area contributed by atoms with Gasteiger partial charge in [-0.15, -0.1) is 6.58 Å². The number of aliphatic hydroxyl groups is 3. The minimum atomic E-state index is -0.474. The smallest absolute Gasteiger partial charge is 0.0765 e. The highest BCUT2D eigenvalue weighted by Crippen LogP contribution is 1.96. The van der Waals surface area contributed by atoms with Crippen molar-refractivity contribution in [3.05, 3.63) is 25.0 Å². The average Bonchev–Trinajstić information content (AvgIpc) is 2.33. The molecule has 0 aliphatic heterocycles. The van der Waals surface area contributed by atoms with Gasteiger partial charge in [0.05, 0.1) is 18.5 Å². The molecule has 0 amide bonds. The van der Waals surface area contributed by atoms with Crippen LogP contribution in [0, 0.1) is 0 Å². The van der Waals surface area contributed by atoms with Crippen molar-refractivity contribution in [2.45, 2.75) is 33.0 Å². The molecule has 0 spiro atoms. The third kappa shape index (κ3) is 17.1. The summed E-state index contributed by atoms with van der Waals surface area (Å²) in [6.07, 6.45) is 3.11. The first-order chi connectivity index (χ1) is 9.37. The van der Waals surface area contributed by atoms with Gasteiger partial charge in [-0.2, -0.15) is 5.06 Å². The van der Waals surface area contributed by atoms with Gasteiger partial charge in [-0.1, -0.05) is 6.08 Å². The first kappa shape index (κ1) is 21.4. The summed E-state index contributed by atoms with van der Waals surface area (Å²) < 4.78 is 0. The summed E-state index contributed by atoms with van der Waals surface area (Å²) in [5.41, 5.74) is 0. The summed E-state index contributed by atoms with van der Waals surface area (Å²) in [6, 6.07) is 0. The second kappa shape index (κ2) is 14.5. The van der Waals surface area contributed by atoms with E-state index in [9.17, 15) is 15.4 Å². The lowest BCUT2D eigenvalue weighted by atomic mass is 10.3. The topological polar surface area (TPSA) is 87.4 Å². The highest BCUT2D eigenvalue weighted by atomic mass is 16.5. The van der Waals surface area contributed by atoms with E-state index in [2.05, 4.69) is 6.58 Å². The third-order valence-corrected chi connectivity index (χ3v) is 2.14. The van der Waals surface area contributed by atoms with Crippen molar-refractivity contribution in [3.63, 3.8) is 0 Å². The molecule has 0 radical (unpaired) electrons. The molecule has 0 fully saturated rings. The third-order valence-electron chi connectivity index (χ3n) is 2.14. The lowest BCUT2D eigenvalue weighted by molar-refractivity contribution is -0.0870. The lowest BCUT2D eigenvalue weighted by Gasteiger charge is -2.26. The van der Waals surface area contributed by atoms with Gasteiger partial charge in [0.15, 0.2) is 0 Å². The van der Waals surface area contributed by atoms with Crippen molar-refractivity contribution in [1.29, 1.82) is 0 Å². The van der Waals surface area contributed by atoms with E-state index in [0.717, 1.165) is 11.3 Å². The molecule has 2 unspecified atom stereocenters. The molecule has 0 saturated carbocycles. The Balaban J connectivity index is 0. The Morgan fingerprint density at radius 3 is 1.90 bits per heavy atom. The second-order valence-corrected chi connectivity index (χ2v) is 4.66. The maximum Gasteiger partial charge on any atom is 0.0765 e. The molecular weight excluding hydrogens is 260 g/mol. The Labute approximate surface area is 122 Å².